The zero-order valence-electron chi connectivity index (χ0n) is 14.9. The summed E-state index contributed by atoms with van der Waals surface area (Å²) in [4.78, 5) is 35.7. The van der Waals surface area contributed by atoms with Gasteiger partial charge in [0.15, 0.2) is 5.75 Å². The van der Waals surface area contributed by atoms with Crippen LogP contribution in [0.15, 0.2) is 43.2 Å². The summed E-state index contributed by atoms with van der Waals surface area (Å²) in [7, 11) is 1.54. The maximum absolute atomic E-state index is 12.8. The molecule has 1 aliphatic rings. The summed E-state index contributed by atoms with van der Waals surface area (Å²) < 4.78 is 5.04. The maximum Gasteiger partial charge on any atom is 0.291 e. The molecule has 8 nitrogen and oxygen atoms in total. The van der Waals surface area contributed by atoms with Crippen LogP contribution in [0.2, 0.25) is 0 Å². The molecule has 0 spiro atoms. The first-order valence-corrected chi connectivity index (χ1v) is 8.64. The zero-order chi connectivity index (χ0) is 18.6. The predicted octanol–water partition coefficient (Wildman–Crippen LogP) is 1.58. The van der Waals surface area contributed by atoms with Crippen molar-refractivity contribution in [1.29, 1.82) is 0 Å². The van der Waals surface area contributed by atoms with E-state index in [1.165, 1.54) is 19.5 Å². The van der Waals surface area contributed by atoms with E-state index in [4.69, 9.17) is 4.74 Å². The SMILES string of the molecule is COc1cnc(C(=O)N2CCc3ncnc(-c4ccncc4)c3CC2)nc1. The summed E-state index contributed by atoms with van der Waals surface area (Å²) in [5.41, 5.74) is 3.96. The van der Waals surface area contributed by atoms with Gasteiger partial charge in [0.25, 0.3) is 5.91 Å². The normalized spacial score (nSPS) is 13.6. The summed E-state index contributed by atoms with van der Waals surface area (Å²) in [5, 5.41) is 0. The molecule has 0 aromatic carbocycles. The van der Waals surface area contributed by atoms with Crippen molar-refractivity contribution in [2.75, 3.05) is 20.2 Å². The van der Waals surface area contributed by atoms with Crippen LogP contribution in [-0.2, 0) is 12.8 Å². The van der Waals surface area contributed by atoms with Gasteiger partial charge < -0.3 is 9.64 Å². The van der Waals surface area contributed by atoms with E-state index in [1.807, 2.05) is 12.1 Å². The molecule has 8 heteroatoms. The van der Waals surface area contributed by atoms with Gasteiger partial charge in [-0.3, -0.25) is 9.78 Å². The van der Waals surface area contributed by atoms with Crippen LogP contribution in [0.3, 0.4) is 0 Å². The van der Waals surface area contributed by atoms with Gasteiger partial charge in [0.05, 0.1) is 25.2 Å². The topological polar surface area (TPSA) is 94.0 Å². The molecular formula is C19H18N6O2. The number of methoxy groups -OCH3 is 1. The van der Waals surface area contributed by atoms with Gasteiger partial charge in [0, 0.05) is 48.7 Å². The molecule has 0 saturated heterocycles. The van der Waals surface area contributed by atoms with Crippen LogP contribution in [0.4, 0.5) is 0 Å². The average Bonchev–Trinajstić information content (AvgIpc) is 2.96. The van der Waals surface area contributed by atoms with Crippen LogP contribution in [0.25, 0.3) is 11.3 Å². The molecule has 0 atom stereocenters. The van der Waals surface area contributed by atoms with Gasteiger partial charge in [-0.15, -0.1) is 0 Å². The number of aromatic nitrogens is 5. The van der Waals surface area contributed by atoms with E-state index in [1.54, 1.807) is 23.6 Å². The Bertz CT molecular complexity index is 946. The van der Waals surface area contributed by atoms with Crippen LogP contribution in [-0.4, -0.2) is 55.9 Å². The van der Waals surface area contributed by atoms with Gasteiger partial charge in [0.2, 0.25) is 5.82 Å². The standard InChI is InChI=1S/C19H18N6O2/c1-27-14-10-21-18(22-11-14)19(26)25-8-4-15-16(5-9-25)23-12-24-17(15)13-2-6-20-7-3-13/h2-3,6-7,10-12H,4-5,8-9H2,1H3. The van der Waals surface area contributed by atoms with E-state index in [-0.39, 0.29) is 11.7 Å². The second-order valence-corrected chi connectivity index (χ2v) is 6.12. The lowest BCUT2D eigenvalue weighted by Crippen LogP contribution is -2.34. The molecule has 0 N–H and O–H groups in total. The highest BCUT2D eigenvalue weighted by molar-refractivity contribution is 5.90. The number of carbonyl (C=O) groups excluding carboxylic acids is 1. The lowest BCUT2D eigenvalue weighted by Gasteiger charge is -2.19. The number of nitrogens with zero attached hydrogens (tertiary/aromatic N) is 6. The third-order valence-electron chi connectivity index (χ3n) is 4.58. The second kappa shape index (κ2) is 7.45. The van der Waals surface area contributed by atoms with Crippen LogP contribution in [0.1, 0.15) is 21.9 Å². The number of fused-ring (bicyclic) bond motifs is 1. The van der Waals surface area contributed by atoms with Crippen molar-refractivity contribution in [3.05, 3.63) is 60.3 Å². The fourth-order valence-electron chi connectivity index (χ4n) is 3.16. The molecule has 4 rings (SSSR count). The minimum Gasteiger partial charge on any atom is -0.494 e. The van der Waals surface area contributed by atoms with E-state index in [9.17, 15) is 4.79 Å². The minimum absolute atomic E-state index is 0.169. The van der Waals surface area contributed by atoms with E-state index >= 15 is 0 Å². The summed E-state index contributed by atoms with van der Waals surface area (Å²) >= 11 is 0. The molecular weight excluding hydrogens is 344 g/mol. The molecule has 0 bridgehead atoms. The van der Waals surface area contributed by atoms with Gasteiger partial charge in [-0.05, 0) is 18.6 Å². The number of amides is 1. The van der Waals surface area contributed by atoms with Gasteiger partial charge in [-0.2, -0.15) is 0 Å². The molecule has 0 fully saturated rings. The van der Waals surface area contributed by atoms with Crippen LogP contribution >= 0.6 is 0 Å². The fourth-order valence-corrected chi connectivity index (χ4v) is 3.16. The van der Waals surface area contributed by atoms with Crippen LogP contribution in [0, 0.1) is 0 Å². The number of hydrogen-bond donors (Lipinski definition) is 0. The largest absolute Gasteiger partial charge is 0.494 e. The fraction of sp³-hybridized carbons (Fsp3) is 0.263. The van der Waals surface area contributed by atoms with E-state index in [0.29, 0.717) is 31.7 Å². The van der Waals surface area contributed by atoms with Crippen molar-refractivity contribution in [2.24, 2.45) is 0 Å². The number of carbonyl (C=O) groups is 1. The van der Waals surface area contributed by atoms with Crippen molar-refractivity contribution in [3.8, 4) is 17.0 Å². The van der Waals surface area contributed by atoms with Gasteiger partial charge in [-0.25, -0.2) is 19.9 Å². The first-order valence-electron chi connectivity index (χ1n) is 8.64. The summed E-state index contributed by atoms with van der Waals surface area (Å²) in [6.45, 7) is 1.13. The second-order valence-electron chi connectivity index (χ2n) is 6.12. The summed E-state index contributed by atoms with van der Waals surface area (Å²) in [5.74, 6) is 0.498. The van der Waals surface area contributed by atoms with Crippen molar-refractivity contribution >= 4 is 5.91 Å². The lowest BCUT2D eigenvalue weighted by atomic mass is 10.0. The van der Waals surface area contributed by atoms with Gasteiger partial charge in [-0.1, -0.05) is 0 Å². The Morgan fingerprint density at radius 3 is 2.52 bits per heavy atom. The first-order chi connectivity index (χ1) is 13.3. The summed E-state index contributed by atoms with van der Waals surface area (Å²) in [6, 6.07) is 3.86. The zero-order valence-corrected chi connectivity index (χ0v) is 14.9. The van der Waals surface area contributed by atoms with Gasteiger partial charge >= 0.3 is 0 Å². The smallest absolute Gasteiger partial charge is 0.291 e. The van der Waals surface area contributed by atoms with E-state index in [0.717, 1.165) is 22.5 Å². The summed E-state index contributed by atoms with van der Waals surface area (Å²) in [6.07, 6.45) is 9.42. The van der Waals surface area contributed by atoms with Crippen LogP contribution in [0.5, 0.6) is 5.75 Å². The number of ether oxygens (including phenoxy) is 1. The highest BCUT2D eigenvalue weighted by Gasteiger charge is 2.24. The van der Waals surface area contributed by atoms with Crippen molar-refractivity contribution in [1.82, 2.24) is 29.8 Å². The molecule has 0 saturated carbocycles. The highest BCUT2D eigenvalue weighted by atomic mass is 16.5. The monoisotopic (exact) mass is 362 g/mol. The van der Waals surface area contributed by atoms with Crippen molar-refractivity contribution < 1.29 is 9.53 Å². The third-order valence-corrected chi connectivity index (χ3v) is 4.58. The molecule has 0 aliphatic carbocycles. The molecule has 3 aromatic heterocycles. The predicted molar refractivity (Wildman–Crippen MR) is 97.2 cm³/mol. The number of hydrogen-bond acceptors (Lipinski definition) is 7. The molecule has 0 radical (unpaired) electrons. The molecule has 1 aliphatic heterocycles. The number of rotatable bonds is 3. The molecule has 4 heterocycles. The third kappa shape index (κ3) is 3.46. The van der Waals surface area contributed by atoms with E-state index < -0.39 is 0 Å². The molecule has 0 unspecified atom stereocenters. The molecule has 27 heavy (non-hydrogen) atoms. The molecule has 3 aromatic rings. The Hall–Kier alpha value is -3.42. The maximum atomic E-state index is 12.8. The average molecular weight is 362 g/mol. The van der Waals surface area contributed by atoms with Crippen LogP contribution < -0.4 is 4.74 Å². The number of pyridine rings is 1. The Morgan fingerprint density at radius 1 is 1.04 bits per heavy atom. The lowest BCUT2D eigenvalue weighted by molar-refractivity contribution is 0.0750. The Kier molecular flexibility index (Phi) is 4.69. The first kappa shape index (κ1) is 17.0. The Morgan fingerprint density at radius 2 is 1.78 bits per heavy atom. The molecule has 136 valence electrons. The van der Waals surface area contributed by atoms with Crippen molar-refractivity contribution in [3.63, 3.8) is 0 Å². The van der Waals surface area contributed by atoms with Crippen molar-refractivity contribution in [2.45, 2.75) is 12.8 Å². The minimum atomic E-state index is -0.191. The quantitative estimate of drug-likeness (QED) is 0.698. The van der Waals surface area contributed by atoms with Gasteiger partial charge in [0.1, 0.15) is 6.33 Å². The Labute approximate surface area is 156 Å². The van der Waals surface area contributed by atoms with E-state index in [2.05, 4.69) is 24.9 Å². The Balaban J connectivity index is 1.57. The molecule has 1 amide bonds. The highest BCUT2D eigenvalue weighted by Crippen LogP contribution is 2.25.